The Morgan fingerprint density at radius 1 is 1.03 bits per heavy atom. The number of anilines is 2. The second-order valence-corrected chi connectivity index (χ2v) is 11.0. The highest BCUT2D eigenvalue weighted by atomic mass is 16.7. The predicted molar refractivity (Wildman–Crippen MR) is 146 cm³/mol. The van der Waals surface area contributed by atoms with Gasteiger partial charge in [-0.1, -0.05) is 42.5 Å². The van der Waals surface area contributed by atoms with Crippen LogP contribution in [0.3, 0.4) is 0 Å². The molecule has 0 radical (unpaired) electrons. The molecule has 206 valence electrons. The molecule has 4 heterocycles. The number of para-hydroxylation sites is 2. The van der Waals surface area contributed by atoms with Gasteiger partial charge in [0.05, 0.1) is 42.7 Å². The van der Waals surface area contributed by atoms with Crippen molar-refractivity contribution >= 4 is 29.1 Å². The largest absolute Gasteiger partial charge is 0.348 e. The van der Waals surface area contributed by atoms with Gasteiger partial charge in [-0.3, -0.25) is 19.2 Å². The second-order valence-electron chi connectivity index (χ2n) is 11.0. The molecule has 10 heteroatoms. The van der Waals surface area contributed by atoms with E-state index in [1.54, 1.807) is 0 Å². The van der Waals surface area contributed by atoms with Crippen LogP contribution in [0.4, 0.5) is 11.4 Å². The number of hydrogen-bond donors (Lipinski definition) is 3. The van der Waals surface area contributed by atoms with E-state index in [4.69, 9.17) is 4.84 Å². The zero-order chi connectivity index (χ0) is 27.1. The van der Waals surface area contributed by atoms with Crippen LogP contribution in [0, 0.1) is 0 Å². The minimum absolute atomic E-state index is 0.00481. The maximum absolute atomic E-state index is 13.6. The van der Waals surface area contributed by atoms with Gasteiger partial charge in [0.1, 0.15) is 18.2 Å². The van der Waals surface area contributed by atoms with Crippen molar-refractivity contribution in [3.63, 3.8) is 0 Å². The van der Waals surface area contributed by atoms with Gasteiger partial charge < -0.3 is 25.3 Å². The number of nitrogens with one attached hydrogen (secondary N) is 3. The molecule has 6 rings (SSSR count). The first-order valence-electron chi connectivity index (χ1n) is 13.9. The monoisotopic (exact) mass is 532 g/mol. The molecule has 5 atom stereocenters. The number of amides is 3. The summed E-state index contributed by atoms with van der Waals surface area (Å²) < 4.78 is 0. The van der Waals surface area contributed by atoms with Crippen LogP contribution in [0.2, 0.25) is 0 Å². The Hall–Kier alpha value is -3.63. The quantitative estimate of drug-likeness (QED) is 0.478. The molecular weight excluding hydrogens is 496 g/mol. The lowest BCUT2D eigenvalue weighted by atomic mass is 10.0. The fourth-order valence-electron chi connectivity index (χ4n) is 6.38. The van der Waals surface area contributed by atoms with Gasteiger partial charge in [-0.15, -0.1) is 0 Å². The summed E-state index contributed by atoms with van der Waals surface area (Å²) in [5, 5.41) is 5.96. The third-order valence-corrected chi connectivity index (χ3v) is 8.33. The van der Waals surface area contributed by atoms with Crippen LogP contribution < -0.4 is 25.9 Å². The molecule has 10 nitrogen and oxygen atoms in total. The van der Waals surface area contributed by atoms with Crippen LogP contribution in [0.15, 0.2) is 54.6 Å². The fraction of sp³-hybridized carbons (Fsp3) is 0.483. The second kappa shape index (κ2) is 10.5. The standard InChI is InChI=1S/C29H36N6O4/c1-18-15-22(32-39-18)28(38)31-21(16-26(36)33-14-8-13-23(33)20-9-4-3-5-10-20)27(37)30-19(2)29-34-17-35(29)25-12-7-6-11-24(25)34/h3-7,9-12,18-19,21-23,29,32H,8,13-17H2,1-2H3,(H,30,37)(H,31,38)/t18?,19-,21-,22?,23+/m0/s1. The van der Waals surface area contributed by atoms with Crippen LogP contribution in [-0.4, -0.2) is 66.2 Å². The number of hydrogen-bond acceptors (Lipinski definition) is 7. The molecule has 39 heavy (non-hydrogen) atoms. The summed E-state index contributed by atoms with van der Waals surface area (Å²) in [7, 11) is 0. The molecule has 4 aliphatic rings. The normalized spacial score (nSPS) is 25.2. The number of carbonyl (C=O) groups is 3. The maximum atomic E-state index is 13.6. The van der Waals surface area contributed by atoms with Crippen molar-refractivity contribution in [2.24, 2.45) is 0 Å². The smallest absolute Gasteiger partial charge is 0.243 e. The van der Waals surface area contributed by atoms with Crippen molar-refractivity contribution in [2.75, 3.05) is 23.0 Å². The third kappa shape index (κ3) is 4.83. The van der Waals surface area contributed by atoms with Crippen molar-refractivity contribution in [1.29, 1.82) is 0 Å². The van der Waals surface area contributed by atoms with Crippen molar-refractivity contribution in [1.82, 2.24) is 21.0 Å². The number of hydroxylamine groups is 1. The predicted octanol–water partition coefficient (Wildman–Crippen LogP) is 2.04. The molecule has 0 spiro atoms. The average molecular weight is 533 g/mol. The fourth-order valence-corrected chi connectivity index (χ4v) is 6.38. The summed E-state index contributed by atoms with van der Waals surface area (Å²) >= 11 is 0. The van der Waals surface area contributed by atoms with Crippen molar-refractivity contribution < 1.29 is 19.2 Å². The SMILES string of the molecule is CC1CC(C(=O)N[C@@H](CC(=O)N2CCC[C@@H]2c2ccccc2)C(=O)N[C@@H](C)C2N3CN2c2ccccc23)NO1. The van der Waals surface area contributed by atoms with E-state index in [1.165, 1.54) is 0 Å². The minimum atomic E-state index is -0.993. The summed E-state index contributed by atoms with van der Waals surface area (Å²) in [4.78, 5) is 52.0. The first-order valence-corrected chi connectivity index (χ1v) is 13.9. The Bertz CT molecular complexity index is 1210. The first kappa shape index (κ1) is 25.6. The Labute approximate surface area is 228 Å². The van der Waals surface area contributed by atoms with E-state index in [1.807, 2.05) is 61.2 Å². The number of rotatable bonds is 8. The van der Waals surface area contributed by atoms with Crippen LogP contribution in [0.1, 0.15) is 51.1 Å². The molecule has 2 aromatic carbocycles. The number of benzene rings is 2. The van der Waals surface area contributed by atoms with Crippen LogP contribution in [-0.2, 0) is 19.2 Å². The molecule has 3 amide bonds. The molecular formula is C29H36N6O4. The van der Waals surface area contributed by atoms with Crippen molar-refractivity contribution in [3.05, 3.63) is 60.2 Å². The van der Waals surface area contributed by atoms with Crippen LogP contribution >= 0.6 is 0 Å². The van der Waals surface area contributed by atoms with E-state index in [2.05, 4.69) is 38.0 Å². The lowest BCUT2D eigenvalue weighted by molar-refractivity contribution is -0.137. The van der Waals surface area contributed by atoms with Gasteiger partial charge in [-0.25, -0.2) is 0 Å². The van der Waals surface area contributed by atoms with E-state index in [-0.39, 0.29) is 48.5 Å². The summed E-state index contributed by atoms with van der Waals surface area (Å²) in [6.07, 6.45) is 2.08. The number of fused-ring (bicyclic) bond motifs is 5. The van der Waals surface area contributed by atoms with Crippen LogP contribution in [0.5, 0.6) is 0 Å². The van der Waals surface area contributed by atoms with E-state index < -0.39 is 12.1 Å². The average Bonchev–Trinajstić information content (AvgIpc) is 3.70. The zero-order valence-electron chi connectivity index (χ0n) is 22.4. The lowest BCUT2D eigenvalue weighted by Gasteiger charge is -2.47. The highest BCUT2D eigenvalue weighted by Gasteiger charge is 2.49. The minimum Gasteiger partial charge on any atom is -0.348 e. The summed E-state index contributed by atoms with van der Waals surface area (Å²) in [5.74, 6) is -0.837. The summed E-state index contributed by atoms with van der Waals surface area (Å²) in [5.41, 5.74) is 6.15. The van der Waals surface area contributed by atoms with E-state index in [9.17, 15) is 14.4 Å². The zero-order valence-corrected chi connectivity index (χ0v) is 22.4. The molecule has 3 saturated heterocycles. The highest BCUT2D eigenvalue weighted by molar-refractivity contribution is 5.94. The van der Waals surface area contributed by atoms with Crippen molar-refractivity contribution in [2.45, 2.75) is 76.0 Å². The van der Waals surface area contributed by atoms with Gasteiger partial charge >= 0.3 is 0 Å². The van der Waals surface area contributed by atoms with Gasteiger partial charge in [0, 0.05) is 13.0 Å². The molecule has 2 unspecified atom stereocenters. The Morgan fingerprint density at radius 2 is 1.72 bits per heavy atom. The molecule has 0 saturated carbocycles. The van der Waals surface area contributed by atoms with Crippen molar-refractivity contribution in [3.8, 4) is 0 Å². The van der Waals surface area contributed by atoms with E-state index in [0.29, 0.717) is 13.0 Å². The molecule has 0 aliphatic carbocycles. The third-order valence-electron chi connectivity index (χ3n) is 8.33. The van der Waals surface area contributed by atoms with Gasteiger partial charge in [0.2, 0.25) is 17.7 Å². The molecule has 3 N–H and O–H groups in total. The van der Waals surface area contributed by atoms with Crippen LogP contribution in [0.25, 0.3) is 0 Å². The maximum Gasteiger partial charge on any atom is 0.243 e. The summed E-state index contributed by atoms with van der Waals surface area (Å²) in [6, 6.07) is 16.4. The van der Waals surface area contributed by atoms with Gasteiger partial charge in [-0.2, -0.15) is 5.48 Å². The first-order chi connectivity index (χ1) is 18.9. The molecule has 0 aromatic heterocycles. The van der Waals surface area contributed by atoms with E-state index >= 15 is 0 Å². The van der Waals surface area contributed by atoms with E-state index in [0.717, 1.165) is 36.4 Å². The Morgan fingerprint density at radius 3 is 2.38 bits per heavy atom. The molecule has 2 aromatic rings. The number of carbonyl (C=O) groups excluding carboxylic acids is 3. The van der Waals surface area contributed by atoms with Gasteiger partial charge in [0.25, 0.3) is 0 Å². The summed E-state index contributed by atoms with van der Waals surface area (Å²) in [6.45, 7) is 5.28. The molecule has 2 bridgehead atoms. The Kier molecular flexibility index (Phi) is 6.90. The number of nitrogens with zero attached hydrogens (tertiary/aromatic N) is 3. The topological polar surface area (TPSA) is 106 Å². The number of likely N-dealkylation sites (tertiary alicyclic amines) is 1. The molecule has 3 fully saturated rings. The Balaban J connectivity index is 1.15. The highest BCUT2D eigenvalue weighted by Crippen LogP contribution is 2.47. The lowest BCUT2D eigenvalue weighted by Crippen LogP contribution is -2.68. The van der Waals surface area contributed by atoms with Gasteiger partial charge in [-0.05, 0) is 44.4 Å². The molecule has 4 aliphatic heterocycles. The van der Waals surface area contributed by atoms with Gasteiger partial charge in [0.15, 0.2) is 0 Å².